The van der Waals surface area contributed by atoms with Crippen LogP contribution in [0.3, 0.4) is 0 Å². The second kappa shape index (κ2) is 6.81. The van der Waals surface area contributed by atoms with Crippen molar-refractivity contribution in [3.63, 3.8) is 0 Å². The summed E-state index contributed by atoms with van der Waals surface area (Å²) in [5.74, 6) is 1.52. The molecule has 6 rings (SSSR count). The van der Waals surface area contributed by atoms with Gasteiger partial charge in [0.15, 0.2) is 5.54 Å². The van der Waals surface area contributed by atoms with Gasteiger partial charge in [-0.25, -0.2) is 4.99 Å². The van der Waals surface area contributed by atoms with E-state index in [-0.39, 0.29) is 24.0 Å². The highest BCUT2D eigenvalue weighted by molar-refractivity contribution is 5.96. The number of anilines is 1. The number of amides is 1. The molecular formula is C26H24N4O3. The number of fused-ring (bicyclic) bond motifs is 4. The van der Waals surface area contributed by atoms with Crippen LogP contribution in [0.2, 0.25) is 0 Å². The van der Waals surface area contributed by atoms with E-state index >= 15 is 0 Å². The third-order valence-electron chi connectivity index (χ3n) is 6.61. The minimum Gasteiger partial charge on any atom is -0.462 e. The van der Waals surface area contributed by atoms with Crippen molar-refractivity contribution in [1.29, 1.82) is 0 Å². The molecule has 1 fully saturated rings. The number of hydrogen-bond acceptors (Lipinski definition) is 6. The van der Waals surface area contributed by atoms with Gasteiger partial charge in [-0.2, -0.15) is 0 Å². The van der Waals surface area contributed by atoms with Gasteiger partial charge in [-0.1, -0.05) is 26.0 Å². The molecule has 0 aliphatic carbocycles. The van der Waals surface area contributed by atoms with Crippen LogP contribution in [0, 0.1) is 5.41 Å². The molecule has 1 aromatic heterocycles. The molecule has 3 aliphatic rings. The first-order valence-electron chi connectivity index (χ1n) is 11.0. The number of nitrogens with two attached hydrogens (primary N) is 1. The molecule has 4 heterocycles. The minimum atomic E-state index is -0.848. The topological polar surface area (TPSA) is 90.0 Å². The minimum absolute atomic E-state index is 0.0640. The highest BCUT2D eigenvalue weighted by Crippen LogP contribution is 2.52. The van der Waals surface area contributed by atoms with E-state index in [1.54, 1.807) is 6.20 Å². The number of carbonyl (C=O) groups is 1. The number of ether oxygens (including phenoxy) is 2. The van der Waals surface area contributed by atoms with Gasteiger partial charge in [-0.3, -0.25) is 9.78 Å². The second-order valence-corrected chi connectivity index (χ2v) is 9.66. The zero-order valence-electron chi connectivity index (χ0n) is 18.5. The second-order valence-electron chi connectivity index (χ2n) is 9.66. The summed E-state index contributed by atoms with van der Waals surface area (Å²) in [7, 11) is 0. The molecule has 0 unspecified atom stereocenters. The first-order chi connectivity index (χ1) is 15.8. The first-order valence-corrected chi connectivity index (χ1v) is 11.0. The Bertz CT molecular complexity index is 1320. The van der Waals surface area contributed by atoms with E-state index < -0.39 is 5.54 Å². The molecule has 3 aliphatic heterocycles. The summed E-state index contributed by atoms with van der Waals surface area (Å²) in [4.78, 5) is 23.6. The molecular weight excluding hydrogens is 416 g/mol. The van der Waals surface area contributed by atoms with Crippen molar-refractivity contribution < 1.29 is 14.3 Å². The smallest absolute Gasteiger partial charge is 0.283 e. The monoisotopic (exact) mass is 440 g/mol. The van der Waals surface area contributed by atoms with Crippen LogP contribution in [0.1, 0.15) is 31.4 Å². The van der Waals surface area contributed by atoms with E-state index in [2.05, 4.69) is 24.9 Å². The maximum absolute atomic E-state index is 12.7. The number of nitrogens with zero attached hydrogens (tertiary/aromatic N) is 3. The summed E-state index contributed by atoms with van der Waals surface area (Å²) in [6, 6.07) is 15.9. The predicted molar refractivity (Wildman–Crippen MR) is 125 cm³/mol. The Morgan fingerprint density at radius 2 is 1.82 bits per heavy atom. The zero-order valence-corrected chi connectivity index (χ0v) is 18.5. The van der Waals surface area contributed by atoms with Crippen LogP contribution in [0.15, 0.2) is 65.9 Å². The molecule has 0 saturated carbocycles. The lowest BCUT2D eigenvalue weighted by atomic mass is 9.80. The van der Waals surface area contributed by atoms with E-state index in [1.165, 1.54) is 0 Å². The molecule has 2 aromatic carbocycles. The number of aliphatic imine (C=N–C) groups is 1. The Morgan fingerprint density at radius 3 is 2.48 bits per heavy atom. The fraction of sp³-hybridized carbons (Fsp3) is 0.269. The molecule has 3 aromatic rings. The number of amidine groups is 1. The standard InChI is InChI=1S/C26H24N4O3/c1-25(2)12-23(31)30(14-25)18-6-8-22-20(11-18)26(15-32-24(27)29-26)19-10-16(5-7-21(19)33-22)17-4-3-9-28-13-17/h3-11,13H,12,14-15H2,1-2H3,(H2,27,29)/t26-/m0/s1. The van der Waals surface area contributed by atoms with Gasteiger partial charge < -0.3 is 20.1 Å². The molecule has 2 N–H and O–H groups in total. The molecule has 1 spiro atoms. The molecule has 7 heteroatoms. The normalized spacial score (nSPS) is 22.4. The lowest BCUT2D eigenvalue weighted by Crippen LogP contribution is -2.32. The number of hydrogen-bond donors (Lipinski definition) is 1. The van der Waals surface area contributed by atoms with Crippen LogP contribution >= 0.6 is 0 Å². The van der Waals surface area contributed by atoms with Crippen LogP contribution in [-0.2, 0) is 15.1 Å². The maximum atomic E-state index is 12.7. The van der Waals surface area contributed by atoms with Crippen LogP contribution in [0.25, 0.3) is 11.1 Å². The summed E-state index contributed by atoms with van der Waals surface area (Å²) < 4.78 is 12.0. The van der Waals surface area contributed by atoms with Gasteiger partial charge in [-0.15, -0.1) is 0 Å². The quantitative estimate of drug-likeness (QED) is 0.645. The first kappa shape index (κ1) is 19.8. The van der Waals surface area contributed by atoms with Crippen molar-refractivity contribution in [1.82, 2.24) is 4.98 Å². The van der Waals surface area contributed by atoms with Crippen molar-refractivity contribution in [3.05, 3.63) is 72.1 Å². The van der Waals surface area contributed by atoms with Crippen molar-refractivity contribution in [2.24, 2.45) is 16.1 Å². The number of carbonyl (C=O) groups excluding carboxylic acids is 1. The Kier molecular flexibility index (Phi) is 4.08. The molecule has 1 amide bonds. The lowest BCUT2D eigenvalue weighted by Gasteiger charge is -2.34. The molecule has 7 nitrogen and oxygen atoms in total. The van der Waals surface area contributed by atoms with Crippen molar-refractivity contribution in [3.8, 4) is 22.6 Å². The molecule has 1 saturated heterocycles. The third-order valence-corrected chi connectivity index (χ3v) is 6.61. The highest BCUT2D eigenvalue weighted by Gasteiger charge is 2.48. The molecule has 0 radical (unpaired) electrons. The zero-order chi connectivity index (χ0) is 22.8. The summed E-state index contributed by atoms with van der Waals surface area (Å²) in [5, 5.41) is 0. The third kappa shape index (κ3) is 3.07. The molecule has 166 valence electrons. The van der Waals surface area contributed by atoms with Gasteiger partial charge in [0.1, 0.15) is 18.1 Å². The Balaban J connectivity index is 1.51. The van der Waals surface area contributed by atoms with Crippen LogP contribution < -0.4 is 15.4 Å². The van der Waals surface area contributed by atoms with Gasteiger partial charge in [0.05, 0.1) is 0 Å². The Labute approximate surface area is 191 Å². The van der Waals surface area contributed by atoms with E-state index in [4.69, 9.17) is 20.2 Å². The lowest BCUT2D eigenvalue weighted by molar-refractivity contribution is -0.117. The number of aromatic nitrogens is 1. The van der Waals surface area contributed by atoms with E-state index in [0.717, 1.165) is 27.9 Å². The van der Waals surface area contributed by atoms with Gasteiger partial charge in [-0.05, 0) is 47.4 Å². The molecule has 33 heavy (non-hydrogen) atoms. The largest absolute Gasteiger partial charge is 0.462 e. The van der Waals surface area contributed by atoms with Crippen molar-refractivity contribution >= 4 is 17.6 Å². The summed E-state index contributed by atoms with van der Waals surface area (Å²) in [5.41, 5.74) is 9.67. The Morgan fingerprint density at radius 1 is 1.03 bits per heavy atom. The van der Waals surface area contributed by atoms with E-state index in [1.807, 2.05) is 53.6 Å². The molecule has 1 atom stereocenters. The molecule has 0 bridgehead atoms. The summed E-state index contributed by atoms with van der Waals surface area (Å²) in [6.07, 6.45) is 4.10. The van der Waals surface area contributed by atoms with Crippen LogP contribution in [0.4, 0.5) is 5.69 Å². The van der Waals surface area contributed by atoms with Gasteiger partial charge in [0.25, 0.3) is 6.02 Å². The van der Waals surface area contributed by atoms with Gasteiger partial charge in [0.2, 0.25) is 5.91 Å². The average molecular weight is 441 g/mol. The summed E-state index contributed by atoms with van der Waals surface area (Å²) >= 11 is 0. The van der Waals surface area contributed by atoms with E-state index in [0.29, 0.717) is 24.5 Å². The maximum Gasteiger partial charge on any atom is 0.283 e. The van der Waals surface area contributed by atoms with Gasteiger partial charge >= 0.3 is 0 Å². The van der Waals surface area contributed by atoms with Crippen molar-refractivity contribution in [2.45, 2.75) is 25.8 Å². The number of rotatable bonds is 2. The van der Waals surface area contributed by atoms with Crippen LogP contribution in [-0.4, -0.2) is 30.1 Å². The Hall–Kier alpha value is -3.87. The SMILES string of the molecule is CC1(C)CC(=O)N(c2ccc3c(c2)[C@]2(COC(N)=N2)c2cc(-c4cccnc4)ccc2O3)C1. The summed E-state index contributed by atoms with van der Waals surface area (Å²) in [6.45, 7) is 5.16. The van der Waals surface area contributed by atoms with Crippen molar-refractivity contribution in [2.75, 3.05) is 18.1 Å². The van der Waals surface area contributed by atoms with E-state index in [9.17, 15) is 4.79 Å². The predicted octanol–water partition coefficient (Wildman–Crippen LogP) is 4.21. The number of pyridine rings is 1. The number of benzene rings is 2. The van der Waals surface area contributed by atoms with Gasteiger partial charge in [0, 0.05) is 47.7 Å². The fourth-order valence-electron chi connectivity index (χ4n) is 5.04. The fourth-order valence-corrected chi connectivity index (χ4v) is 5.04. The van der Waals surface area contributed by atoms with Crippen LogP contribution in [0.5, 0.6) is 11.5 Å². The average Bonchev–Trinajstić information content (AvgIpc) is 3.33. The highest BCUT2D eigenvalue weighted by atomic mass is 16.5.